The van der Waals surface area contributed by atoms with Crippen LogP contribution in [-0.2, 0) is 0 Å². The van der Waals surface area contributed by atoms with Crippen LogP contribution >= 0.6 is 0 Å². The van der Waals surface area contributed by atoms with E-state index in [0.29, 0.717) is 0 Å². The molecule has 0 heterocycles. The molecule has 0 spiro atoms. The van der Waals surface area contributed by atoms with Gasteiger partial charge in [0.1, 0.15) is 0 Å². The predicted molar refractivity (Wildman–Crippen MR) is 92.1 cm³/mol. The van der Waals surface area contributed by atoms with Gasteiger partial charge in [-0.1, -0.05) is 30.9 Å². The molecule has 2 rings (SSSR count). The van der Waals surface area contributed by atoms with Gasteiger partial charge in [0.25, 0.3) is 0 Å². The van der Waals surface area contributed by atoms with Gasteiger partial charge in [-0.05, 0) is 77.6 Å². The Bertz CT molecular complexity index is 392. The molecule has 21 heavy (non-hydrogen) atoms. The van der Waals surface area contributed by atoms with Crippen molar-refractivity contribution in [2.24, 2.45) is 23.3 Å². The molecule has 1 fully saturated rings. The first-order chi connectivity index (χ1) is 9.69. The third kappa shape index (κ3) is 4.82. The highest BCUT2D eigenvalue weighted by Crippen LogP contribution is 2.40. The van der Waals surface area contributed by atoms with E-state index in [-0.39, 0.29) is 11.1 Å². The van der Waals surface area contributed by atoms with Crippen LogP contribution in [-0.4, -0.2) is 11.1 Å². The van der Waals surface area contributed by atoms with E-state index >= 15 is 0 Å². The second-order valence-electron chi connectivity index (χ2n) is 8.77. The van der Waals surface area contributed by atoms with E-state index in [1.165, 1.54) is 44.9 Å². The smallest absolute Gasteiger partial charge is 0.0166 e. The standard InChI is InChI=1S/C19H36N2/c1-14-7-8-16(6-5-10-18(3,20)12-14)17-9-11-19(4,21)13-15(17)2/h14,16H,5-13,20-21H2,1-4H3. The fourth-order valence-corrected chi connectivity index (χ4v) is 4.72. The maximum absolute atomic E-state index is 6.47. The van der Waals surface area contributed by atoms with Crippen LogP contribution in [0.5, 0.6) is 0 Å². The zero-order valence-corrected chi connectivity index (χ0v) is 14.7. The molecule has 0 bridgehead atoms. The van der Waals surface area contributed by atoms with E-state index in [1.807, 2.05) is 0 Å². The molecule has 2 nitrogen and oxygen atoms in total. The molecule has 4 N–H and O–H groups in total. The molecule has 4 atom stereocenters. The first kappa shape index (κ1) is 17.0. The van der Waals surface area contributed by atoms with Crippen molar-refractivity contribution in [2.45, 2.75) is 96.6 Å². The highest BCUT2D eigenvalue weighted by atomic mass is 14.7. The van der Waals surface area contributed by atoms with E-state index in [0.717, 1.165) is 24.7 Å². The number of allylic oxidation sites excluding steroid dienone is 1. The van der Waals surface area contributed by atoms with Gasteiger partial charge in [0.2, 0.25) is 0 Å². The molecular weight excluding hydrogens is 256 g/mol. The van der Waals surface area contributed by atoms with Crippen LogP contribution < -0.4 is 11.5 Å². The Balaban J connectivity index is 2.09. The molecule has 4 unspecified atom stereocenters. The van der Waals surface area contributed by atoms with Gasteiger partial charge in [-0.3, -0.25) is 0 Å². The van der Waals surface area contributed by atoms with Crippen LogP contribution in [0.2, 0.25) is 0 Å². The summed E-state index contributed by atoms with van der Waals surface area (Å²) in [6, 6.07) is 0. The lowest BCUT2D eigenvalue weighted by Gasteiger charge is -2.35. The molecule has 0 aromatic rings. The quantitative estimate of drug-likeness (QED) is 0.698. The molecule has 2 heteroatoms. The van der Waals surface area contributed by atoms with Crippen LogP contribution in [0.3, 0.4) is 0 Å². The van der Waals surface area contributed by atoms with Crippen molar-refractivity contribution in [3.63, 3.8) is 0 Å². The minimum Gasteiger partial charge on any atom is -0.325 e. The van der Waals surface area contributed by atoms with Gasteiger partial charge in [0.15, 0.2) is 0 Å². The summed E-state index contributed by atoms with van der Waals surface area (Å²) < 4.78 is 0. The van der Waals surface area contributed by atoms with Crippen LogP contribution in [0.25, 0.3) is 0 Å². The summed E-state index contributed by atoms with van der Waals surface area (Å²) in [7, 11) is 0. The lowest BCUT2D eigenvalue weighted by Crippen LogP contribution is -2.39. The Labute approximate surface area is 131 Å². The fourth-order valence-electron chi connectivity index (χ4n) is 4.72. The molecule has 122 valence electrons. The molecule has 1 saturated carbocycles. The van der Waals surface area contributed by atoms with Crippen molar-refractivity contribution in [2.75, 3.05) is 0 Å². The Hall–Kier alpha value is -0.340. The third-order valence-corrected chi connectivity index (χ3v) is 5.80. The molecule has 0 saturated heterocycles. The van der Waals surface area contributed by atoms with Gasteiger partial charge in [-0.2, -0.15) is 0 Å². The monoisotopic (exact) mass is 292 g/mol. The van der Waals surface area contributed by atoms with Gasteiger partial charge in [-0.15, -0.1) is 0 Å². The highest BCUT2D eigenvalue weighted by molar-refractivity contribution is 5.22. The van der Waals surface area contributed by atoms with Gasteiger partial charge in [0, 0.05) is 11.1 Å². The summed E-state index contributed by atoms with van der Waals surface area (Å²) in [5.74, 6) is 1.54. The maximum atomic E-state index is 6.47. The minimum absolute atomic E-state index is 0.0230. The summed E-state index contributed by atoms with van der Waals surface area (Å²) in [4.78, 5) is 0. The Morgan fingerprint density at radius 1 is 1.00 bits per heavy atom. The van der Waals surface area contributed by atoms with Crippen molar-refractivity contribution in [3.05, 3.63) is 11.1 Å². The molecule has 0 aliphatic heterocycles. The first-order valence-electron chi connectivity index (χ1n) is 8.95. The second kappa shape index (κ2) is 6.42. The topological polar surface area (TPSA) is 52.0 Å². The van der Waals surface area contributed by atoms with Crippen LogP contribution in [0.4, 0.5) is 0 Å². The van der Waals surface area contributed by atoms with Crippen molar-refractivity contribution >= 4 is 0 Å². The SMILES string of the molecule is CC1=C(C2CCCC(C)(N)CC(C)CC2)CCC(C)(N)C1. The van der Waals surface area contributed by atoms with Crippen LogP contribution in [0, 0.1) is 11.8 Å². The van der Waals surface area contributed by atoms with Crippen LogP contribution in [0.1, 0.15) is 85.5 Å². The zero-order chi connectivity index (χ0) is 15.7. The minimum atomic E-state index is 0.0230. The van der Waals surface area contributed by atoms with Gasteiger partial charge >= 0.3 is 0 Å². The molecule has 0 amide bonds. The van der Waals surface area contributed by atoms with Crippen molar-refractivity contribution in [3.8, 4) is 0 Å². The lowest BCUT2D eigenvalue weighted by atomic mass is 9.74. The zero-order valence-electron chi connectivity index (χ0n) is 14.7. The summed E-state index contributed by atoms with van der Waals surface area (Å²) in [6.07, 6.45) is 11.1. The van der Waals surface area contributed by atoms with Crippen molar-refractivity contribution in [1.29, 1.82) is 0 Å². The van der Waals surface area contributed by atoms with Gasteiger partial charge in [0.05, 0.1) is 0 Å². The van der Waals surface area contributed by atoms with E-state index in [4.69, 9.17) is 11.5 Å². The van der Waals surface area contributed by atoms with Crippen molar-refractivity contribution < 1.29 is 0 Å². The maximum Gasteiger partial charge on any atom is 0.0166 e. The molecule has 0 aromatic heterocycles. The molecular formula is C19H36N2. The fraction of sp³-hybridized carbons (Fsp3) is 0.895. The van der Waals surface area contributed by atoms with E-state index in [9.17, 15) is 0 Å². The second-order valence-corrected chi connectivity index (χ2v) is 8.77. The number of nitrogens with two attached hydrogens (primary N) is 2. The summed E-state index contributed by atoms with van der Waals surface area (Å²) in [5, 5.41) is 0. The number of hydrogen-bond acceptors (Lipinski definition) is 2. The highest BCUT2D eigenvalue weighted by Gasteiger charge is 2.31. The van der Waals surface area contributed by atoms with Gasteiger partial charge < -0.3 is 11.5 Å². The van der Waals surface area contributed by atoms with E-state index in [2.05, 4.69) is 27.7 Å². The average molecular weight is 293 g/mol. The summed E-state index contributed by atoms with van der Waals surface area (Å²) in [5.41, 5.74) is 16.2. The van der Waals surface area contributed by atoms with Crippen LogP contribution in [0.15, 0.2) is 11.1 Å². The average Bonchev–Trinajstić information content (AvgIpc) is 2.37. The van der Waals surface area contributed by atoms with E-state index in [1.54, 1.807) is 11.1 Å². The normalized spacial score (nSPS) is 43.1. The molecule has 0 radical (unpaired) electrons. The molecule has 2 aliphatic rings. The Morgan fingerprint density at radius 3 is 2.38 bits per heavy atom. The summed E-state index contributed by atoms with van der Waals surface area (Å²) in [6.45, 7) is 9.16. The predicted octanol–water partition coefficient (Wildman–Crippen LogP) is 4.53. The Morgan fingerprint density at radius 2 is 1.71 bits per heavy atom. The third-order valence-electron chi connectivity index (χ3n) is 5.80. The van der Waals surface area contributed by atoms with Gasteiger partial charge in [-0.25, -0.2) is 0 Å². The lowest BCUT2D eigenvalue weighted by molar-refractivity contribution is 0.325. The van der Waals surface area contributed by atoms with E-state index < -0.39 is 0 Å². The number of hydrogen-bond donors (Lipinski definition) is 2. The summed E-state index contributed by atoms with van der Waals surface area (Å²) >= 11 is 0. The molecule has 2 aliphatic carbocycles. The van der Waals surface area contributed by atoms with Crippen molar-refractivity contribution in [1.82, 2.24) is 0 Å². The Kier molecular flexibility index (Phi) is 5.20. The molecule has 0 aromatic carbocycles. The first-order valence-corrected chi connectivity index (χ1v) is 8.95. The largest absolute Gasteiger partial charge is 0.325 e. The number of rotatable bonds is 1.